The Morgan fingerprint density at radius 2 is 1.93 bits per heavy atom. The SMILES string of the molecule is CCc1ccc(C(CNC(=O)/C=C/c2ccc(OC)c(F)c2)N(C)C)cc1. The third-order valence-electron chi connectivity index (χ3n) is 4.47. The molecule has 1 N–H and O–H groups in total. The molecule has 2 rings (SSSR count). The number of carbonyl (C=O) groups excluding carboxylic acids is 1. The fraction of sp³-hybridized carbons (Fsp3) is 0.318. The highest BCUT2D eigenvalue weighted by molar-refractivity contribution is 5.91. The molecule has 0 aliphatic rings. The van der Waals surface area contributed by atoms with E-state index >= 15 is 0 Å². The normalized spacial score (nSPS) is 12.4. The maximum Gasteiger partial charge on any atom is 0.244 e. The van der Waals surface area contributed by atoms with E-state index in [1.165, 1.54) is 30.9 Å². The first kappa shape index (κ1) is 20.6. The smallest absolute Gasteiger partial charge is 0.244 e. The van der Waals surface area contributed by atoms with Crippen molar-refractivity contribution in [3.8, 4) is 5.75 Å². The van der Waals surface area contributed by atoms with Crippen molar-refractivity contribution in [2.75, 3.05) is 27.7 Å². The Labute approximate surface area is 160 Å². The second-order valence-corrected chi connectivity index (χ2v) is 6.55. The van der Waals surface area contributed by atoms with Crippen molar-refractivity contribution in [3.05, 3.63) is 71.0 Å². The Kier molecular flexibility index (Phi) is 7.55. The van der Waals surface area contributed by atoms with Crippen LogP contribution in [0.25, 0.3) is 6.08 Å². The molecule has 27 heavy (non-hydrogen) atoms. The lowest BCUT2D eigenvalue weighted by Crippen LogP contribution is -2.33. The average Bonchev–Trinajstić information content (AvgIpc) is 2.67. The van der Waals surface area contributed by atoms with Gasteiger partial charge >= 0.3 is 0 Å². The summed E-state index contributed by atoms with van der Waals surface area (Å²) in [7, 11) is 5.39. The molecule has 0 bridgehead atoms. The van der Waals surface area contributed by atoms with Crippen LogP contribution in [0.1, 0.15) is 29.7 Å². The molecule has 0 spiro atoms. The van der Waals surface area contributed by atoms with E-state index in [9.17, 15) is 9.18 Å². The minimum atomic E-state index is -0.455. The van der Waals surface area contributed by atoms with Gasteiger partial charge < -0.3 is 15.0 Å². The number of halogens is 1. The standard InChI is InChI=1S/C22H27FN2O2/c1-5-16-6-10-18(11-7-16)20(25(2)3)15-24-22(26)13-9-17-8-12-21(27-4)19(23)14-17/h6-14,20H,5,15H2,1-4H3,(H,24,26)/b13-9+. The van der Waals surface area contributed by atoms with Crippen molar-refractivity contribution in [2.45, 2.75) is 19.4 Å². The van der Waals surface area contributed by atoms with Crippen molar-refractivity contribution in [2.24, 2.45) is 0 Å². The van der Waals surface area contributed by atoms with Gasteiger partial charge in [-0.25, -0.2) is 4.39 Å². The molecule has 144 valence electrons. The van der Waals surface area contributed by atoms with E-state index in [-0.39, 0.29) is 17.7 Å². The number of nitrogens with zero attached hydrogens (tertiary/aromatic N) is 1. The zero-order valence-corrected chi connectivity index (χ0v) is 16.3. The number of hydrogen-bond donors (Lipinski definition) is 1. The second-order valence-electron chi connectivity index (χ2n) is 6.55. The lowest BCUT2D eigenvalue weighted by atomic mass is 10.0. The molecular weight excluding hydrogens is 343 g/mol. The fourth-order valence-electron chi connectivity index (χ4n) is 2.79. The Morgan fingerprint density at radius 3 is 2.48 bits per heavy atom. The van der Waals surface area contributed by atoms with E-state index in [1.807, 2.05) is 14.1 Å². The highest BCUT2D eigenvalue weighted by Gasteiger charge is 2.14. The number of aryl methyl sites for hydroxylation is 1. The predicted molar refractivity (Wildman–Crippen MR) is 107 cm³/mol. The van der Waals surface area contributed by atoms with E-state index < -0.39 is 5.82 Å². The summed E-state index contributed by atoms with van der Waals surface area (Å²) in [5.74, 6) is -0.494. The van der Waals surface area contributed by atoms with Crippen LogP contribution >= 0.6 is 0 Å². The third kappa shape index (κ3) is 5.93. The maximum absolute atomic E-state index is 13.7. The predicted octanol–water partition coefficient (Wildman–Crippen LogP) is 3.83. The number of rotatable bonds is 8. The molecule has 4 nitrogen and oxygen atoms in total. The average molecular weight is 370 g/mol. The van der Waals surface area contributed by atoms with Crippen LogP contribution in [-0.2, 0) is 11.2 Å². The first-order valence-corrected chi connectivity index (χ1v) is 8.99. The second kappa shape index (κ2) is 9.88. The molecule has 0 radical (unpaired) electrons. The van der Waals surface area contributed by atoms with Gasteiger partial charge in [0.15, 0.2) is 11.6 Å². The van der Waals surface area contributed by atoms with Crippen LogP contribution < -0.4 is 10.1 Å². The fourth-order valence-corrected chi connectivity index (χ4v) is 2.79. The number of nitrogens with one attached hydrogen (secondary N) is 1. The van der Waals surface area contributed by atoms with Crippen molar-refractivity contribution in [1.29, 1.82) is 0 Å². The minimum Gasteiger partial charge on any atom is -0.494 e. The first-order valence-electron chi connectivity index (χ1n) is 8.99. The van der Waals surface area contributed by atoms with Crippen LogP contribution in [0.5, 0.6) is 5.75 Å². The van der Waals surface area contributed by atoms with Gasteiger partial charge in [-0.15, -0.1) is 0 Å². The summed E-state index contributed by atoms with van der Waals surface area (Å²) in [6.45, 7) is 2.61. The summed E-state index contributed by atoms with van der Waals surface area (Å²) in [4.78, 5) is 14.2. The van der Waals surface area contributed by atoms with E-state index in [0.29, 0.717) is 12.1 Å². The molecule has 0 heterocycles. The minimum absolute atomic E-state index is 0.0756. The van der Waals surface area contributed by atoms with E-state index in [0.717, 1.165) is 12.0 Å². The van der Waals surface area contributed by atoms with Gasteiger partial charge in [0.25, 0.3) is 0 Å². The van der Waals surface area contributed by atoms with Crippen molar-refractivity contribution in [3.63, 3.8) is 0 Å². The first-order chi connectivity index (χ1) is 12.9. The van der Waals surface area contributed by atoms with Gasteiger partial charge in [0.1, 0.15) is 0 Å². The third-order valence-corrected chi connectivity index (χ3v) is 4.47. The summed E-state index contributed by atoms with van der Waals surface area (Å²) in [6.07, 6.45) is 3.99. The molecule has 0 aliphatic carbocycles. The van der Waals surface area contributed by atoms with E-state index in [4.69, 9.17) is 4.74 Å². The summed E-state index contributed by atoms with van der Waals surface area (Å²) >= 11 is 0. The zero-order chi connectivity index (χ0) is 19.8. The number of benzene rings is 2. The molecule has 2 aromatic carbocycles. The Morgan fingerprint density at radius 1 is 1.22 bits per heavy atom. The summed E-state index contributed by atoms with van der Waals surface area (Å²) in [5, 5.41) is 2.91. The molecule has 0 saturated heterocycles. The van der Waals surface area contributed by atoms with Crippen LogP contribution in [0.15, 0.2) is 48.5 Å². The summed E-state index contributed by atoms with van der Waals surface area (Å²) < 4.78 is 18.6. The molecule has 0 saturated carbocycles. The number of methoxy groups -OCH3 is 1. The monoisotopic (exact) mass is 370 g/mol. The maximum atomic E-state index is 13.7. The largest absolute Gasteiger partial charge is 0.494 e. The summed E-state index contributed by atoms with van der Waals surface area (Å²) in [5.41, 5.74) is 3.04. The highest BCUT2D eigenvalue weighted by atomic mass is 19.1. The van der Waals surface area contributed by atoms with Gasteiger partial charge in [0.05, 0.1) is 13.2 Å². The Bertz CT molecular complexity index is 785. The van der Waals surface area contributed by atoms with Crippen LogP contribution in [0.4, 0.5) is 4.39 Å². The molecule has 2 aromatic rings. The lowest BCUT2D eigenvalue weighted by molar-refractivity contribution is -0.116. The van der Waals surface area contributed by atoms with Gasteiger partial charge in [-0.3, -0.25) is 4.79 Å². The molecule has 0 aliphatic heterocycles. The molecule has 1 unspecified atom stereocenters. The molecule has 5 heteroatoms. The van der Waals surface area contributed by atoms with Gasteiger partial charge in [-0.1, -0.05) is 37.3 Å². The number of carbonyl (C=O) groups is 1. The Balaban J connectivity index is 1.97. The number of amides is 1. The summed E-state index contributed by atoms with van der Waals surface area (Å²) in [6, 6.07) is 13.1. The van der Waals surface area contributed by atoms with E-state index in [1.54, 1.807) is 12.1 Å². The lowest BCUT2D eigenvalue weighted by Gasteiger charge is -2.25. The van der Waals surface area contributed by atoms with Crippen LogP contribution in [-0.4, -0.2) is 38.6 Å². The number of ether oxygens (including phenoxy) is 1. The molecule has 1 amide bonds. The van der Waals surface area contributed by atoms with Gasteiger partial charge in [0.2, 0.25) is 5.91 Å². The van der Waals surface area contributed by atoms with Gasteiger partial charge in [-0.2, -0.15) is 0 Å². The molecule has 0 aromatic heterocycles. The zero-order valence-electron chi connectivity index (χ0n) is 16.3. The molecular formula is C22H27FN2O2. The van der Waals surface area contributed by atoms with E-state index in [2.05, 4.69) is 41.4 Å². The van der Waals surface area contributed by atoms with Crippen molar-refractivity contribution in [1.82, 2.24) is 10.2 Å². The highest BCUT2D eigenvalue weighted by Crippen LogP contribution is 2.19. The topological polar surface area (TPSA) is 41.6 Å². The Hall–Kier alpha value is -2.66. The van der Waals surface area contributed by atoms with Crippen molar-refractivity contribution < 1.29 is 13.9 Å². The van der Waals surface area contributed by atoms with Gasteiger partial charge in [0, 0.05) is 12.6 Å². The van der Waals surface area contributed by atoms with Crippen LogP contribution in [0, 0.1) is 5.82 Å². The number of likely N-dealkylation sites (N-methyl/N-ethyl adjacent to an activating group) is 1. The van der Waals surface area contributed by atoms with Gasteiger partial charge in [-0.05, 0) is 55.4 Å². The molecule has 0 fully saturated rings. The van der Waals surface area contributed by atoms with Crippen LogP contribution in [0.3, 0.4) is 0 Å². The van der Waals surface area contributed by atoms with Crippen LogP contribution in [0.2, 0.25) is 0 Å². The molecule has 1 atom stereocenters. The van der Waals surface area contributed by atoms with Crippen molar-refractivity contribution >= 4 is 12.0 Å². The number of hydrogen-bond acceptors (Lipinski definition) is 3. The quantitative estimate of drug-likeness (QED) is 0.718.